The van der Waals surface area contributed by atoms with Gasteiger partial charge in [-0.3, -0.25) is 0 Å². The molecule has 0 aliphatic carbocycles. The largest absolute Gasteiger partial charge is 0.383 e. The fourth-order valence-electron chi connectivity index (χ4n) is 2.83. The molecule has 148 valence electrons. The number of pyridine rings is 3. The number of rotatable bonds is 3. The number of hydrogen-bond acceptors (Lipinski definition) is 7. The molecule has 0 saturated carbocycles. The van der Waals surface area contributed by atoms with E-state index < -0.39 is 9.73 Å². The van der Waals surface area contributed by atoms with E-state index in [0.717, 1.165) is 16.5 Å². The molecule has 1 atom stereocenters. The average molecular weight is 414 g/mol. The zero-order valence-corrected chi connectivity index (χ0v) is 16.9. The maximum Gasteiger partial charge on any atom is 0.139 e. The number of nitrogens with zero attached hydrogens (tertiary/aromatic N) is 3. The molecule has 0 amide bonds. The predicted octanol–water partition coefficient (Wildman–Crippen LogP) is 3.79. The number of hydrogen-bond donors (Lipinski definition) is 3. The summed E-state index contributed by atoms with van der Waals surface area (Å²) in [6.07, 6.45) is 6.46. The molecule has 3 aromatic heterocycles. The summed E-state index contributed by atoms with van der Waals surface area (Å²) in [7, 11) is -2.74. The monoisotopic (exact) mass is 414 g/mol. The summed E-state index contributed by atoms with van der Waals surface area (Å²) < 4.78 is 19.5. The number of fused-ring (bicyclic) bond motifs is 1. The van der Waals surface area contributed by atoms with Gasteiger partial charge in [0.2, 0.25) is 0 Å². The molecule has 4 N–H and O–H groups in total. The van der Waals surface area contributed by atoms with Crippen LogP contribution in [0.2, 0.25) is 0 Å². The zero-order chi connectivity index (χ0) is 21.1. The summed E-state index contributed by atoms with van der Waals surface area (Å²) in [5, 5.41) is 4.98. The normalized spacial score (nSPS) is 12.6. The van der Waals surface area contributed by atoms with Gasteiger partial charge in [0, 0.05) is 46.2 Å². The van der Waals surface area contributed by atoms with Gasteiger partial charge in [0.25, 0.3) is 0 Å². The van der Waals surface area contributed by atoms with Gasteiger partial charge in [-0.1, -0.05) is 5.92 Å². The quantitative estimate of drug-likeness (QED) is 0.439. The third-order valence-corrected chi connectivity index (χ3v) is 5.55. The van der Waals surface area contributed by atoms with Crippen LogP contribution in [0.3, 0.4) is 0 Å². The van der Waals surface area contributed by atoms with Crippen molar-refractivity contribution in [2.75, 3.05) is 17.3 Å². The Morgan fingerprint density at radius 1 is 1.03 bits per heavy atom. The lowest BCUT2D eigenvalue weighted by Crippen LogP contribution is -1.97. The lowest BCUT2D eigenvalue weighted by Gasteiger charge is -2.08. The number of nitrogens with one attached hydrogen (secondary N) is 2. The van der Waals surface area contributed by atoms with Gasteiger partial charge in [-0.25, -0.2) is 23.9 Å². The first-order valence-electron chi connectivity index (χ1n) is 8.98. The Bertz CT molecular complexity index is 1400. The molecular weight excluding hydrogens is 396 g/mol. The molecule has 0 aliphatic heterocycles. The smallest absolute Gasteiger partial charge is 0.139 e. The molecule has 30 heavy (non-hydrogen) atoms. The van der Waals surface area contributed by atoms with Gasteiger partial charge < -0.3 is 11.1 Å². The van der Waals surface area contributed by atoms with Crippen LogP contribution >= 0.6 is 0 Å². The van der Waals surface area contributed by atoms with E-state index in [2.05, 4.69) is 32.1 Å². The highest BCUT2D eigenvalue weighted by atomic mass is 32.2. The Morgan fingerprint density at radius 3 is 2.57 bits per heavy atom. The van der Waals surface area contributed by atoms with Crippen LogP contribution in [0.25, 0.3) is 10.8 Å². The molecule has 7 nitrogen and oxygen atoms in total. The number of nitrogens with two attached hydrogens (primary N) is 1. The predicted molar refractivity (Wildman–Crippen MR) is 119 cm³/mol. The van der Waals surface area contributed by atoms with Crippen molar-refractivity contribution in [3.8, 4) is 11.8 Å². The fourth-order valence-corrected chi connectivity index (χ4v) is 3.48. The molecule has 1 aromatic carbocycles. The summed E-state index contributed by atoms with van der Waals surface area (Å²) in [5.41, 5.74) is 7.89. The van der Waals surface area contributed by atoms with Crippen LogP contribution in [0.4, 0.5) is 17.3 Å². The van der Waals surface area contributed by atoms with Crippen molar-refractivity contribution in [2.45, 2.75) is 4.90 Å². The molecule has 1 unspecified atom stereocenters. The van der Waals surface area contributed by atoms with Crippen LogP contribution in [0, 0.1) is 16.6 Å². The van der Waals surface area contributed by atoms with E-state index >= 15 is 0 Å². The van der Waals surface area contributed by atoms with E-state index in [1.165, 1.54) is 6.26 Å². The van der Waals surface area contributed by atoms with Crippen molar-refractivity contribution in [3.63, 3.8) is 0 Å². The Kier molecular flexibility index (Phi) is 5.04. The molecule has 0 saturated heterocycles. The first-order chi connectivity index (χ1) is 14.4. The number of aromatic nitrogens is 3. The van der Waals surface area contributed by atoms with Gasteiger partial charge in [0.1, 0.15) is 17.3 Å². The van der Waals surface area contributed by atoms with Gasteiger partial charge in [0.15, 0.2) is 0 Å². The van der Waals surface area contributed by atoms with Crippen LogP contribution in [0.5, 0.6) is 0 Å². The average Bonchev–Trinajstić information content (AvgIpc) is 2.73. The van der Waals surface area contributed by atoms with Crippen LogP contribution in [0.15, 0.2) is 72.0 Å². The second kappa shape index (κ2) is 7.81. The highest BCUT2D eigenvalue weighted by Gasteiger charge is 2.06. The molecule has 8 heteroatoms. The summed E-state index contributed by atoms with van der Waals surface area (Å²) in [6.45, 7) is 0. The van der Waals surface area contributed by atoms with Crippen LogP contribution < -0.4 is 11.1 Å². The highest BCUT2D eigenvalue weighted by Crippen LogP contribution is 2.23. The minimum Gasteiger partial charge on any atom is -0.383 e. The Hall–Kier alpha value is -3.96. The van der Waals surface area contributed by atoms with Crippen LogP contribution in [-0.2, 0) is 9.73 Å². The molecule has 0 radical (unpaired) electrons. The van der Waals surface area contributed by atoms with Crippen LogP contribution in [-0.4, -0.2) is 25.4 Å². The fraction of sp³-hybridized carbons (Fsp3) is 0.0455. The van der Waals surface area contributed by atoms with Gasteiger partial charge in [0.05, 0.1) is 15.3 Å². The lowest BCUT2D eigenvalue weighted by atomic mass is 10.1. The summed E-state index contributed by atoms with van der Waals surface area (Å²) >= 11 is 0. The van der Waals surface area contributed by atoms with E-state index in [4.69, 9.17) is 10.5 Å². The standard InChI is InChI=1S/C22H18N6OS/c1-30(24,29)18-7-5-17(6-8-18)28-21-13-19-16(14-27-21)10-12-25-20(19)9-4-15-3-2-11-26-22(15)23/h2-3,5-8,10-14,24H,1H3,(H2,23,26)(H,27,28). The zero-order valence-electron chi connectivity index (χ0n) is 16.1. The Morgan fingerprint density at radius 2 is 1.83 bits per heavy atom. The molecule has 3 heterocycles. The van der Waals surface area contributed by atoms with Gasteiger partial charge in [-0.2, -0.15) is 0 Å². The van der Waals surface area contributed by atoms with Crippen molar-refractivity contribution in [3.05, 3.63) is 78.4 Å². The molecular formula is C22H18N6OS. The van der Waals surface area contributed by atoms with Gasteiger partial charge in [-0.15, -0.1) is 0 Å². The maximum atomic E-state index is 11.8. The number of benzene rings is 1. The van der Waals surface area contributed by atoms with Crippen molar-refractivity contribution in [1.82, 2.24) is 15.0 Å². The molecule has 4 rings (SSSR count). The minimum atomic E-state index is -2.74. The second-order valence-electron chi connectivity index (χ2n) is 6.63. The van der Waals surface area contributed by atoms with Crippen molar-refractivity contribution < 1.29 is 4.21 Å². The molecule has 0 aliphatic rings. The van der Waals surface area contributed by atoms with E-state index in [1.54, 1.807) is 48.9 Å². The minimum absolute atomic E-state index is 0.376. The highest BCUT2D eigenvalue weighted by molar-refractivity contribution is 7.91. The third-order valence-electron chi connectivity index (χ3n) is 4.38. The number of anilines is 3. The van der Waals surface area contributed by atoms with E-state index in [-0.39, 0.29) is 0 Å². The van der Waals surface area contributed by atoms with E-state index in [1.807, 2.05) is 18.2 Å². The first kappa shape index (κ1) is 19.4. The lowest BCUT2D eigenvalue weighted by molar-refractivity contribution is 0.679. The van der Waals surface area contributed by atoms with Crippen LogP contribution in [0.1, 0.15) is 11.3 Å². The first-order valence-corrected chi connectivity index (χ1v) is 10.9. The third kappa shape index (κ3) is 4.21. The van der Waals surface area contributed by atoms with E-state index in [0.29, 0.717) is 27.8 Å². The molecule has 0 fully saturated rings. The number of nitrogen functional groups attached to an aromatic ring is 1. The Balaban J connectivity index is 1.67. The van der Waals surface area contributed by atoms with Crippen molar-refractivity contribution in [1.29, 1.82) is 4.78 Å². The van der Waals surface area contributed by atoms with Crippen molar-refractivity contribution in [2.24, 2.45) is 0 Å². The maximum absolute atomic E-state index is 11.8. The summed E-state index contributed by atoms with van der Waals surface area (Å²) in [6, 6.07) is 14.2. The van der Waals surface area contributed by atoms with Gasteiger partial charge >= 0.3 is 0 Å². The van der Waals surface area contributed by atoms with Crippen molar-refractivity contribution >= 4 is 37.8 Å². The summed E-state index contributed by atoms with van der Waals surface area (Å²) in [4.78, 5) is 13.4. The SMILES string of the molecule is CS(=N)(=O)c1ccc(Nc2cc3c(C#Cc4cccnc4N)nccc3cn2)cc1. The Labute approximate surface area is 174 Å². The molecule has 4 aromatic rings. The molecule has 0 bridgehead atoms. The molecule has 0 spiro atoms. The summed E-state index contributed by atoms with van der Waals surface area (Å²) in [5.74, 6) is 7.09. The van der Waals surface area contributed by atoms with E-state index in [9.17, 15) is 4.21 Å². The topological polar surface area (TPSA) is 118 Å². The van der Waals surface area contributed by atoms with Gasteiger partial charge in [-0.05, 0) is 54.5 Å². The second-order valence-corrected chi connectivity index (χ2v) is 8.79.